The van der Waals surface area contributed by atoms with Gasteiger partial charge in [0.05, 0.1) is 10.0 Å². The van der Waals surface area contributed by atoms with E-state index in [4.69, 9.17) is 28.9 Å². The maximum atomic E-state index is 10.9. The summed E-state index contributed by atoms with van der Waals surface area (Å²) in [5.41, 5.74) is 7.61. The lowest BCUT2D eigenvalue weighted by atomic mass is 10.1. The maximum absolute atomic E-state index is 10.9. The van der Waals surface area contributed by atoms with E-state index in [9.17, 15) is 4.79 Å². The second-order valence-electron chi connectivity index (χ2n) is 4.61. The molecule has 0 saturated carbocycles. The van der Waals surface area contributed by atoms with E-state index in [0.29, 0.717) is 15.7 Å². The summed E-state index contributed by atoms with van der Waals surface area (Å²) in [7, 11) is 0. The molecule has 21 heavy (non-hydrogen) atoms. The number of hydrogen-bond acceptors (Lipinski definition) is 2. The smallest absolute Gasteiger partial charge is 0.316 e. The minimum Gasteiger partial charge on any atom is -0.378 e. The molecule has 2 aromatic rings. The van der Waals surface area contributed by atoms with E-state index in [1.165, 1.54) is 0 Å². The van der Waals surface area contributed by atoms with E-state index in [2.05, 4.69) is 10.6 Å². The van der Waals surface area contributed by atoms with Crippen molar-refractivity contribution >= 4 is 40.6 Å². The first-order chi connectivity index (χ1) is 9.95. The van der Waals surface area contributed by atoms with Gasteiger partial charge < -0.3 is 16.4 Å². The first-order valence-electron chi connectivity index (χ1n) is 6.33. The monoisotopic (exact) mass is 323 g/mol. The number of urea groups is 1. The number of primary amides is 1. The number of nitrogens with one attached hydrogen (secondary N) is 2. The molecule has 0 saturated heterocycles. The van der Waals surface area contributed by atoms with Gasteiger partial charge in [0.25, 0.3) is 0 Å². The van der Waals surface area contributed by atoms with Crippen LogP contribution in [0.25, 0.3) is 0 Å². The minimum absolute atomic E-state index is 0.0311. The summed E-state index contributed by atoms with van der Waals surface area (Å²) in [6.45, 7) is 2.01. The third-order valence-corrected chi connectivity index (χ3v) is 3.70. The molecule has 0 bridgehead atoms. The second kappa shape index (κ2) is 6.70. The number of carbonyl (C=O) groups excluding carboxylic acids is 1. The normalized spacial score (nSPS) is 11.8. The van der Waals surface area contributed by atoms with Crippen LogP contribution in [0.4, 0.5) is 16.2 Å². The summed E-state index contributed by atoms with van der Waals surface area (Å²) in [5.74, 6) is 0. The molecule has 6 heteroatoms. The van der Waals surface area contributed by atoms with Gasteiger partial charge in [0.2, 0.25) is 0 Å². The van der Waals surface area contributed by atoms with Crippen LogP contribution in [0, 0.1) is 0 Å². The number of anilines is 2. The third kappa shape index (κ3) is 4.28. The highest BCUT2D eigenvalue weighted by Crippen LogP contribution is 2.27. The van der Waals surface area contributed by atoms with Gasteiger partial charge in [-0.15, -0.1) is 0 Å². The molecule has 4 N–H and O–H groups in total. The Morgan fingerprint density at radius 3 is 2.48 bits per heavy atom. The van der Waals surface area contributed by atoms with Gasteiger partial charge in [-0.2, -0.15) is 0 Å². The molecule has 2 rings (SSSR count). The molecule has 2 amide bonds. The highest BCUT2D eigenvalue weighted by Gasteiger charge is 2.08. The van der Waals surface area contributed by atoms with E-state index in [1.54, 1.807) is 18.2 Å². The Morgan fingerprint density at radius 1 is 1.10 bits per heavy atom. The van der Waals surface area contributed by atoms with Crippen LogP contribution in [0.3, 0.4) is 0 Å². The van der Waals surface area contributed by atoms with Crippen molar-refractivity contribution in [2.75, 3.05) is 10.6 Å². The maximum Gasteiger partial charge on any atom is 0.316 e. The fraction of sp³-hybridized carbons (Fsp3) is 0.133. The molecule has 1 unspecified atom stereocenters. The molecule has 0 aliphatic rings. The minimum atomic E-state index is -0.593. The second-order valence-corrected chi connectivity index (χ2v) is 5.42. The molecule has 1 atom stereocenters. The molecule has 0 heterocycles. The van der Waals surface area contributed by atoms with Crippen LogP contribution in [-0.2, 0) is 0 Å². The Morgan fingerprint density at radius 2 is 1.81 bits per heavy atom. The number of nitrogens with two attached hydrogens (primary N) is 1. The molecule has 0 aromatic heterocycles. The van der Waals surface area contributed by atoms with Gasteiger partial charge in [0, 0.05) is 17.4 Å². The van der Waals surface area contributed by atoms with Crippen molar-refractivity contribution < 1.29 is 4.79 Å². The van der Waals surface area contributed by atoms with E-state index in [0.717, 1.165) is 11.3 Å². The topological polar surface area (TPSA) is 67.2 Å². The van der Waals surface area contributed by atoms with Crippen LogP contribution in [-0.4, -0.2) is 6.03 Å². The molecule has 0 spiro atoms. The SMILES string of the molecule is CC(Nc1cccc(NC(N)=O)c1)c1ccc(Cl)c(Cl)c1. The zero-order valence-corrected chi connectivity index (χ0v) is 12.9. The van der Waals surface area contributed by atoms with Gasteiger partial charge in [-0.1, -0.05) is 35.3 Å². The number of carbonyl (C=O) groups is 1. The summed E-state index contributed by atoms with van der Waals surface area (Å²) in [6, 6.07) is 12.2. The summed E-state index contributed by atoms with van der Waals surface area (Å²) in [4.78, 5) is 10.9. The van der Waals surface area contributed by atoms with E-state index >= 15 is 0 Å². The first kappa shape index (κ1) is 15.5. The summed E-state index contributed by atoms with van der Waals surface area (Å²) in [6.07, 6.45) is 0. The lowest BCUT2D eigenvalue weighted by Gasteiger charge is -2.17. The fourth-order valence-corrected chi connectivity index (χ4v) is 2.25. The Hall–Kier alpha value is -1.91. The third-order valence-electron chi connectivity index (χ3n) is 2.96. The summed E-state index contributed by atoms with van der Waals surface area (Å²) >= 11 is 11.9. The predicted molar refractivity (Wildman–Crippen MR) is 88.1 cm³/mol. The molecule has 0 aliphatic carbocycles. The van der Waals surface area contributed by atoms with Gasteiger partial charge >= 0.3 is 6.03 Å². The van der Waals surface area contributed by atoms with Crippen molar-refractivity contribution in [1.29, 1.82) is 0 Å². The molecule has 0 radical (unpaired) electrons. The Bertz CT molecular complexity index is 661. The highest BCUT2D eigenvalue weighted by atomic mass is 35.5. The van der Waals surface area contributed by atoms with Crippen molar-refractivity contribution in [3.63, 3.8) is 0 Å². The Kier molecular flexibility index (Phi) is 4.94. The number of halogens is 2. The average molecular weight is 324 g/mol. The summed E-state index contributed by atoms with van der Waals surface area (Å²) in [5, 5.41) is 6.91. The first-order valence-corrected chi connectivity index (χ1v) is 7.09. The quantitative estimate of drug-likeness (QED) is 0.766. The molecule has 110 valence electrons. The zero-order valence-electron chi connectivity index (χ0n) is 11.4. The van der Waals surface area contributed by atoms with Crippen molar-refractivity contribution in [2.24, 2.45) is 5.73 Å². The number of amides is 2. The van der Waals surface area contributed by atoms with Crippen LogP contribution in [0.1, 0.15) is 18.5 Å². The predicted octanol–water partition coefficient (Wildman–Crippen LogP) is 4.66. The van der Waals surface area contributed by atoms with Gasteiger partial charge in [0.1, 0.15) is 0 Å². The molecule has 0 aliphatic heterocycles. The van der Waals surface area contributed by atoms with Crippen molar-refractivity contribution in [2.45, 2.75) is 13.0 Å². The van der Waals surface area contributed by atoms with Crippen molar-refractivity contribution in [3.05, 3.63) is 58.1 Å². The standard InChI is InChI=1S/C15H15Cl2N3O/c1-9(10-5-6-13(16)14(17)7-10)19-11-3-2-4-12(8-11)20-15(18)21/h2-9,19H,1H3,(H3,18,20,21). The van der Waals surface area contributed by atoms with E-state index in [-0.39, 0.29) is 6.04 Å². The van der Waals surface area contributed by atoms with Crippen LogP contribution in [0.2, 0.25) is 10.0 Å². The van der Waals surface area contributed by atoms with Gasteiger partial charge in [-0.25, -0.2) is 4.79 Å². The van der Waals surface area contributed by atoms with Crippen LogP contribution >= 0.6 is 23.2 Å². The largest absolute Gasteiger partial charge is 0.378 e. The van der Waals surface area contributed by atoms with Gasteiger partial charge in [-0.05, 0) is 42.8 Å². The van der Waals surface area contributed by atoms with E-state index < -0.39 is 6.03 Å². The molecule has 2 aromatic carbocycles. The van der Waals surface area contributed by atoms with Crippen molar-refractivity contribution in [1.82, 2.24) is 0 Å². The molecular formula is C15H15Cl2N3O. The summed E-state index contributed by atoms with van der Waals surface area (Å²) < 4.78 is 0. The average Bonchev–Trinajstić information content (AvgIpc) is 2.41. The number of rotatable bonds is 4. The number of hydrogen-bond donors (Lipinski definition) is 3. The van der Waals surface area contributed by atoms with Crippen LogP contribution in [0.15, 0.2) is 42.5 Å². The fourth-order valence-electron chi connectivity index (χ4n) is 1.94. The number of benzene rings is 2. The lowest BCUT2D eigenvalue weighted by Crippen LogP contribution is -2.19. The Labute approximate surface area is 133 Å². The van der Waals surface area contributed by atoms with Gasteiger partial charge in [-0.3, -0.25) is 0 Å². The molecule has 4 nitrogen and oxygen atoms in total. The van der Waals surface area contributed by atoms with Crippen molar-refractivity contribution in [3.8, 4) is 0 Å². The zero-order chi connectivity index (χ0) is 15.4. The molecule has 0 fully saturated rings. The highest BCUT2D eigenvalue weighted by molar-refractivity contribution is 6.42. The van der Waals surface area contributed by atoms with Gasteiger partial charge in [0.15, 0.2) is 0 Å². The van der Waals surface area contributed by atoms with Crippen LogP contribution in [0.5, 0.6) is 0 Å². The lowest BCUT2D eigenvalue weighted by molar-refractivity contribution is 0.259. The molecular weight excluding hydrogens is 309 g/mol. The van der Waals surface area contributed by atoms with E-state index in [1.807, 2.05) is 31.2 Å². The van der Waals surface area contributed by atoms with Crippen LogP contribution < -0.4 is 16.4 Å². The Balaban J connectivity index is 2.13.